The average Bonchev–Trinajstić information content (AvgIpc) is 3.02. The highest BCUT2D eigenvalue weighted by Crippen LogP contribution is 2.33. The van der Waals surface area contributed by atoms with Crippen LogP contribution >= 0.6 is 0 Å². The summed E-state index contributed by atoms with van der Waals surface area (Å²) in [6, 6.07) is 4.86. The second kappa shape index (κ2) is 9.31. The van der Waals surface area contributed by atoms with Crippen molar-refractivity contribution in [2.45, 2.75) is 46.1 Å². The van der Waals surface area contributed by atoms with Crippen LogP contribution in [0.15, 0.2) is 18.3 Å². The van der Waals surface area contributed by atoms with E-state index in [-0.39, 0.29) is 5.97 Å². The van der Waals surface area contributed by atoms with E-state index in [1.807, 2.05) is 6.92 Å². The molecule has 6 heteroatoms. The molecule has 1 aromatic heterocycles. The lowest BCUT2D eigenvalue weighted by atomic mass is 10.0. The number of benzene rings is 1. The SMILES string of the molecule is CCOC(=O)c1cnc2c(C)c(C)ccc2c1N1CCCN(C2CCOCC2)CC1. The molecule has 6 nitrogen and oxygen atoms in total. The largest absolute Gasteiger partial charge is 0.462 e. The summed E-state index contributed by atoms with van der Waals surface area (Å²) < 4.78 is 10.9. The quantitative estimate of drug-likeness (QED) is 0.715. The second-order valence-corrected chi connectivity index (χ2v) is 8.36. The highest BCUT2D eigenvalue weighted by atomic mass is 16.5. The van der Waals surface area contributed by atoms with Crippen molar-refractivity contribution in [2.75, 3.05) is 50.9 Å². The molecule has 0 atom stereocenters. The molecule has 0 bridgehead atoms. The first kappa shape index (κ1) is 21.1. The fourth-order valence-corrected chi connectivity index (χ4v) is 4.77. The van der Waals surface area contributed by atoms with Crippen molar-refractivity contribution in [3.63, 3.8) is 0 Å². The molecular weight excluding hydrogens is 378 g/mol. The molecule has 0 saturated carbocycles. The van der Waals surface area contributed by atoms with E-state index in [9.17, 15) is 4.79 Å². The van der Waals surface area contributed by atoms with Crippen LogP contribution in [-0.4, -0.2) is 67.9 Å². The number of nitrogens with zero attached hydrogens (tertiary/aromatic N) is 3. The Balaban J connectivity index is 1.69. The van der Waals surface area contributed by atoms with Gasteiger partial charge in [-0.1, -0.05) is 12.1 Å². The fraction of sp³-hybridized carbons (Fsp3) is 0.583. The van der Waals surface area contributed by atoms with E-state index >= 15 is 0 Å². The van der Waals surface area contributed by atoms with Crippen LogP contribution in [0.4, 0.5) is 5.69 Å². The molecule has 2 aliphatic rings. The summed E-state index contributed by atoms with van der Waals surface area (Å²) >= 11 is 0. The fourth-order valence-electron chi connectivity index (χ4n) is 4.77. The Morgan fingerprint density at radius 3 is 2.73 bits per heavy atom. The highest BCUT2D eigenvalue weighted by Gasteiger charge is 2.27. The molecule has 2 aliphatic heterocycles. The zero-order valence-electron chi connectivity index (χ0n) is 18.4. The van der Waals surface area contributed by atoms with E-state index in [0.29, 0.717) is 18.2 Å². The number of anilines is 1. The zero-order valence-corrected chi connectivity index (χ0v) is 18.4. The number of hydrogen-bond donors (Lipinski definition) is 0. The van der Waals surface area contributed by atoms with E-state index in [0.717, 1.165) is 75.2 Å². The van der Waals surface area contributed by atoms with Crippen molar-refractivity contribution < 1.29 is 14.3 Å². The number of hydrogen-bond acceptors (Lipinski definition) is 6. The third-order valence-corrected chi connectivity index (χ3v) is 6.58. The van der Waals surface area contributed by atoms with Gasteiger partial charge in [-0.3, -0.25) is 9.88 Å². The van der Waals surface area contributed by atoms with Crippen molar-refractivity contribution in [3.8, 4) is 0 Å². The normalized spacial score (nSPS) is 19.1. The average molecular weight is 412 g/mol. The third kappa shape index (κ3) is 4.16. The summed E-state index contributed by atoms with van der Waals surface area (Å²) in [5, 5.41) is 1.04. The van der Waals surface area contributed by atoms with Crippen LogP contribution in [-0.2, 0) is 9.47 Å². The summed E-state index contributed by atoms with van der Waals surface area (Å²) in [7, 11) is 0. The number of pyridine rings is 1. The van der Waals surface area contributed by atoms with Gasteiger partial charge in [-0.05, 0) is 51.2 Å². The standard InChI is InChI=1S/C24H33N3O3/c1-4-30-24(28)21-16-25-22-18(3)17(2)6-7-20(22)23(21)27-11-5-10-26(12-13-27)19-8-14-29-15-9-19/h6-7,16,19H,4-5,8-15H2,1-3H3. The number of carbonyl (C=O) groups excluding carboxylic acids is 1. The van der Waals surface area contributed by atoms with Gasteiger partial charge in [0, 0.05) is 57.0 Å². The molecule has 162 valence electrons. The van der Waals surface area contributed by atoms with Crippen LogP contribution < -0.4 is 4.90 Å². The Morgan fingerprint density at radius 2 is 1.97 bits per heavy atom. The maximum absolute atomic E-state index is 12.8. The number of carbonyl (C=O) groups is 1. The topological polar surface area (TPSA) is 54.9 Å². The van der Waals surface area contributed by atoms with Crippen LogP contribution in [0.5, 0.6) is 0 Å². The number of aryl methyl sites for hydroxylation is 2. The molecule has 2 saturated heterocycles. The van der Waals surface area contributed by atoms with Crippen LogP contribution in [0.3, 0.4) is 0 Å². The molecular formula is C24H33N3O3. The first-order valence-corrected chi connectivity index (χ1v) is 11.2. The van der Waals surface area contributed by atoms with Crippen molar-refractivity contribution in [1.82, 2.24) is 9.88 Å². The molecule has 0 radical (unpaired) electrons. The summed E-state index contributed by atoms with van der Waals surface area (Å²) in [5.41, 5.74) is 4.92. The number of rotatable bonds is 4. The highest BCUT2D eigenvalue weighted by molar-refractivity contribution is 6.06. The van der Waals surface area contributed by atoms with Crippen molar-refractivity contribution in [1.29, 1.82) is 0 Å². The summed E-state index contributed by atoms with van der Waals surface area (Å²) in [6.45, 7) is 12.1. The lowest BCUT2D eigenvalue weighted by molar-refractivity contribution is 0.0365. The van der Waals surface area contributed by atoms with Gasteiger partial charge >= 0.3 is 5.97 Å². The van der Waals surface area contributed by atoms with Gasteiger partial charge in [0.2, 0.25) is 0 Å². The zero-order chi connectivity index (χ0) is 21.1. The van der Waals surface area contributed by atoms with Gasteiger partial charge < -0.3 is 14.4 Å². The predicted molar refractivity (Wildman–Crippen MR) is 119 cm³/mol. The Bertz CT molecular complexity index is 908. The van der Waals surface area contributed by atoms with E-state index in [4.69, 9.17) is 9.47 Å². The summed E-state index contributed by atoms with van der Waals surface area (Å²) in [5.74, 6) is -0.286. The molecule has 0 unspecified atom stereocenters. The summed E-state index contributed by atoms with van der Waals surface area (Å²) in [4.78, 5) is 22.4. The van der Waals surface area contributed by atoms with E-state index in [2.05, 4.69) is 40.8 Å². The lowest BCUT2D eigenvalue weighted by Crippen LogP contribution is -2.41. The molecule has 2 aromatic rings. The van der Waals surface area contributed by atoms with Gasteiger partial charge in [0.05, 0.1) is 17.8 Å². The van der Waals surface area contributed by atoms with E-state index in [1.165, 1.54) is 11.1 Å². The predicted octanol–water partition coefficient (Wildman–Crippen LogP) is 3.72. The minimum absolute atomic E-state index is 0.286. The van der Waals surface area contributed by atoms with Gasteiger partial charge in [-0.25, -0.2) is 4.79 Å². The smallest absolute Gasteiger partial charge is 0.341 e. The van der Waals surface area contributed by atoms with Gasteiger partial charge in [-0.2, -0.15) is 0 Å². The molecule has 4 rings (SSSR count). The van der Waals surface area contributed by atoms with Crippen LogP contribution in [0.1, 0.15) is 47.7 Å². The third-order valence-electron chi connectivity index (χ3n) is 6.58. The molecule has 0 N–H and O–H groups in total. The van der Waals surface area contributed by atoms with E-state index in [1.54, 1.807) is 6.20 Å². The Labute approximate surface area is 179 Å². The minimum atomic E-state index is -0.286. The molecule has 0 spiro atoms. The summed E-state index contributed by atoms with van der Waals surface area (Å²) in [6.07, 6.45) is 5.02. The maximum Gasteiger partial charge on any atom is 0.341 e. The first-order chi connectivity index (χ1) is 14.6. The molecule has 2 fully saturated rings. The molecule has 3 heterocycles. The monoisotopic (exact) mass is 411 g/mol. The number of aromatic nitrogens is 1. The number of esters is 1. The minimum Gasteiger partial charge on any atom is -0.462 e. The van der Waals surface area contributed by atoms with Crippen LogP contribution in [0, 0.1) is 13.8 Å². The molecule has 0 aliphatic carbocycles. The van der Waals surface area contributed by atoms with Gasteiger partial charge in [0.15, 0.2) is 0 Å². The maximum atomic E-state index is 12.8. The van der Waals surface area contributed by atoms with Crippen molar-refractivity contribution in [2.24, 2.45) is 0 Å². The Kier molecular flexibility index (Phi) is 6.54. The Morgan fingerprint density at radius 1 is 1.17 bits per heavy atom. The van der Waals surface area contributed by atoms with Crippen molar-refractivity contribution in [3.05, 3.63) is 35.0 Å². The van der Waals surface area contributed by atoms with Crippen molar-refractivity contribution >= 4 is 22.6 Å². The first-order valence-electron chi connectivity index (χ1n) is 11.2. The number of fused-ring (bicyclic) bond motifs is 1. The van der Waals surface area contributed by atoms with Gasteiger partial charge in [0.25, 0.3) is 0 Å². The molecule has 1 aromatic carbocycles. The second-order valence-electron chi connectivity index (χ2n) is 8.36. The van der Waals surface area contributed by atoms with Crippen LogP contribution in [0.2, 0.25) is 0 Å². The van der Waals surface area contributed by atoms with E-state index < -0.39 is 0 Å². The molecule has 30 heavy (non-hydrogen) atoms. The lowest BCUT2D eigenvalue weighted by Gasteiger charge is -2.33. The van der Waals surface area contributed by atoms with Gasteiger partial charge in [0.1, 0.15) is 5.56 Å². The molecule has 0 amide bonds. The van der Waals surface area contributed by atoms with Gasteiger partial charge in [-0.15, -0.1) is 0 Å². The number of ether oxygens (including phenoxy) is 2. The van der Waals surface area contributed by atoms with Crippen LogP contribution in [0.25, 0.3) is 10.9 Å². The Hall–Kier alpha value is -2.18.